The van der Waals surface area contributed by atoms with Crippen LogP contribution in [0, 0.1) is 6.92 Å². The van der Waals surface area contributed by atoms with Gasteiger partial charge < -0.3 is 4.42 Å². The van der Waals surface area contributed by atoms with Gasteiger partial charge in [-0.1, -0.05) is 30.3 Å². The number of benzene rings is 1. The van der Waals surface area contributed by atoms with Gasteiger partial charge in [0.15, 0.2) is 5.78 Å². The van der Waals surface area contributed by atoms with Gasteiger partial charge in [0.25, 0.3) is 0 Å². The van der Waals surface area contributed by atoms with Gasteiger partial charge in [0, 0.05) is 23.3 Å². The predicted molar refractivity (Wildman–Crippen MR) is 78.6 cm³/mol. The molecule has 2 aromatic rings. The summed E-state index contributed by atoms with van der Waals surface area (Å²) >= 11 is 0. The number of Topliss-reactive ketones (excluding diaryl/α,β-unsaturated/α-hetero) is 1. The van der Waals surface area contributed by atoms with E-state index in [2.05, 4.69) is 4.99 Å². The quantitative estimate of drug-likeness (QED) is 0.797. The third-order valence-corrected chi connectivity index (χ3v) is 3.57. The fourth-order valence-corrected chi connectivity index (χ4v) is 2.59. The molecule has 0 amide bonds. The van der Waals surface area contributed by atoms with Crippen molar-refractivity contribution < 1.29 is 9.21 Å². The van der Waals surface area contributed by atoms with E-state index in [4.69, 9.17) is 4.42 Å². The van der Waals surface area contributed by atoms with Gasteiger partial charge in [0.2, 0.25) is 0 Å². The van der Waals surface area contributed by atoms with Gasteiger partial charge in [-0.05, 0) is 25.8 Å². The third-order valence-electron chi connectivity index (χ3n) is 3.57. The van der Waals surface area contributed by atoms with Crippen LogP contribution in [-0.2, 0) is 6.42 Å². The van der Waals surface area contributed by atoms with E-state index in [1.165, 1.54) is 0 Å². The highest BCUT2D eigenvalue weighted by molar-refractivity contribution is 6.05. The highest BCUT2D eigenvalue weighted by atomic mass is 16.3. The molecule has 0 bridgehead atoms. The second kappa shape index (κ2) is 5.45. The molecular formula is C17H17NO2. The van der Waals surface area contributed by atoms with Gasteiger partial charge >= 0.3 is 0 Å². The Morgan fingerprint density at radius 2 is 2.05 bits per heavy atom. The van der Waals surface area contributed by atoms with Gasteiger partial charge in [-0.25, -0.2) is 0 Å². The number of hydrogen-bond donors (Lipinski definition) is 0. The molecule has 0 saturated carbocycles. The lowest BCUT2D eigenvalue weighted by Crippen LogP contribution is -2.12. The lowest BCUT2D eigenvalue weighted by atomic mass is 9.96. The zero-order valence-electron chi connectivity index (χ0n) is 11.6. The normalized spacial score (nSPS) is 16.1. The first-order valence-corrected chi connectivity index (χ1v) is 6.95. The first-order chi connectivity index (χ1) is 9.74. The van der Waals surface area contributed by atoms with Crippen LogP contribution >= 0.6 is 0 Å². The fraction of sp³-hybridized carbons (Fsp3) is 0.294. The average Bonchev–Trinajstić information content (AvgIpc) is 2.86. The van der Waals surface area contributed by atoms with E-state index in [1.807, 2.05) is 43.3 Å². The van der Waals surface area contributed by atoms with Crippen molar-refractivity contribution in [2.24, 2.45) is 4.99 Å². The molecule has 1 heterocycles. The van der Waals surface area contributed by atoms with Gasteiger partial charge in [-0.15, -0.1) is 0 Å². The maximum Gasteiger partial charge on any atom is 0.184 e. The summed E-state index contributed by atoms with van der Waals surface area (Å²) < 4.78 is 5.66. The van der Waals surface area contributed by atoms with Crippen molar-refractivity contribution in [2.75, 3.05) is 6.54 Å². The number of aryl methyl sites for hydroxylation is 2. The lowest BCUT2D eigenvalue weighted by Gasteiger charge is -2.12. The van der Waals surface area contributed by atoms with Crippen LogP contribution in [0.3, 0.4) is 0 Å². The van der Waals surface area contributed by atoms with E-state index >= 15 is 0 Å². The Kier molecular flexibility index (Phi) is 3.50. The average molecular weight is 267 g/mol. The zero-order valence-corrected chi connectivity index (χ0v) is 11.6. The van der Waals surface area contributed by atoms with Crippen LogP contribution in [0.15, 0.2) is 45.8 Å². The van der Waals surface area contributed by atoms with Crippen LogP contribution in [0.1, 0.15) is 40.3 Å². The Morgan fingerprint density at radius 3 is 2.85 bits per heavy atom. The molecule has 102 valence electrons. The Labute approximate surface area is 118 Å². The Hall–Kier alpha value is -2.16. The number of carbonyl (C=O) groups is 1. The van der Waals surface area contributed by atoms with Crippen molar-refractivity contribution in [1.82, 2.24) is 0 Å². The smallest absolute Gasteiger partial charge is 0.184 e. The molecule has 3 rings (SSSR count). The first kappa shape index (κ1) is 12.9. The Bertz CT molecular complexity index is 653. The number of hydrogen-bond acceptors (Lipinski definition) is 3. The van der Waals surface area contributed by atoms with Crippen LogP contribution in [0.4, 0.5) is 0 Å². The minimum absolute atomic E-state index is 0.0606. The zero-order chi connectivity index (χ0) is 13.9. The van der Waals surface area contributed by atoms with Crippen LogP contribution in [0.2, 0.25) is 0 Å². The summed E-state index contributed by atoms with van der Waals surface area (Å²) in [6.45, 7) is 2.16. The van der Waals surface area contributed by atoms with Crippen molar-refractivity contribution in [2.45, 2.75) is 26.2 Å². The fourth-order valence-electron chi connectivity index (χ4n) is 2.59. The summed E-state index contributed by atoms with van der Waals surface area (Å²) in [6, 6.07) is 11.3. The molecule has 0 unspecified atom stereocenters. The van der Waals surface area contributed by atoms with E-state index in [9.17, 15) is 4.79 Å². The molecule has 3 nitrogen and oxygen atoms in total. The predicted octanol–water partition coefficient (Wildman–Crippen LogP) is 3.60. The highest BCUT2D eigenvalue weighted by Gasteiger charge is 2.19. The van der Waals surface area contributed by atoms with E-state index in [1.54, 1.807) is 0 Å². The molecule has 0 saturated heterocycles. The number of fused-ring (bicyclic) bond motifs is 1. The second-order valence-corrected chi connectivity index (χ2v) is 5.10. The lowest BCUT2D eigenvalue weighted by molar-refractivity contribution is 0.100. The third kappa shape index (κ3) is 2.57. The van der Waals surface area contributed by atoms with Crippen molar-refractivity contribution in [3.8, 4) is 0 Å². The minimum Gasteiger partial charge on any atom is -0.466 e. The summed E-state index contributed by atoms with van der Waals surface area (Å²) in [7, 11) is 0. The van der Waals surface area contributed by atoms with Crippen molar-refractivity contribution in [1.29, 1.82) is 0 Å². The Morgan fingerprint density at radius 1 is 1.25 bits per heavy atom. The monoisotopic (exact) mass is 267 g/mol. The summed E-state index contributed by atoms with van der Waals surface area (Å²) in [4.78, 5) is 16.6. The standard InChI is InChI=1S/C17H17NO2/c1-12-10-14-15(8-5-9-17(14)20-12)18-11-16(19)13-6-3-2-4-7-13/h2-4,6-7,10H,5,8-9,11H2,1H3. The topological polar surface area (TPSA) is 42.6 Å². The number of furan rings is 1. The van der Waals surface area contributed by atoms with E-state index in [0.29, 0.717) is 0 Å². The van der Waals surface area contributed by atoms with Gasteiger partial charge in [-0.3, -0.25) is 9.79 Å². The molecule has 0 fully saturated rings. The molecule has 0 radical (unpaired) electrons. The minimum atomic E-state index is 0.0606. The number of carbonyl (C=O) groups excluding carboxylic acids is 1. The molecule has 0 aliphatic heterocycles. The van der Waals surface area contributed by atoms with Crippen molar-refractivity contribution in [3.05, 3.63) is 59.0 Å². The van der Waals surface area contributed by atoms with E-state index < -0.39 is 0 Å². The number of nitrogens with zero attached hydrogens (tertiary/aromatic N) is 1. The van der Waals surface area contributed by atoms with E-state index in [-0.39, 0.29) is 12.3 Å². The molecule has 0 atom stereocenters. The highest BCUT2D eigenvalue weighted by Crippen LogP contribution is 2.25. The number of ketones is 1. The second-order valence-electron chi connectivity index (χ2n) is 5.10. The largest absolute Gasteiger partial charge is 0.466 e. The van der Waals surface area contributed by atoms with Crippen molar-refractivity contribution >= 4 is 11.5 Å². The molecule has 1 aromatic heterocycles. The summed E-state index contributed by atoms with van der Waals surface area (Å²) in [6.07, 6.45) is 2.93. The Balaban J connectivity index is 1.79. The SMILES string of the molecule is Cc1cc2c(o1)CCCC2=NCC(=O)c1ccccc1. The van der Waals surface area contributed by atoms with Gasteiger partial charge in [0.1, 0.15) is 18.1 Å². The van der Waals surface area contributed by atoms with Crippen molar-refractivity contribution in [3.63, 3.8) is 0 Å². The molecule has 0 spiro atoms. The first-order valence-electron chi connectivity index (χ1n) is 6.95. The van der Waals surface area contributed by atoms with Crippen LogP contribution < -0.4 is 0 Å². The molecule has 0 N–H and O–H groups in total. The maximum atomic E-state index is 12.1. The van der Waals surface area contributed by atoms with Crippen LogP contribution in [0.25, 0.3) is 0 Å². The summed E-state index contributed by atoms with van der Waals surface area (Å²) in [5, 5.41) is 0. The van der Waals surface area contributed by atoms with Gasteiger partial charge in [-0.2, -0.15) is 0 Å². The maximum absolute atomic E-state index is 12.1. The summed E-state index contributed by atoms with van der Waals surface area (Å²) in [5.74, 6) is 1.99. The molecule has 20 heavy (non-hydrogen) atoms. The molecule has 1 aromatic carbocycles. The van der Waals surface area contributed by atoms with Crippen LogP contribution in [0.5, 0.6) is 0 Å². The molecule has 1 aliphatic rings. The van der Waals surface area contributed by atoms with E-state index in [0.717, 1.165) is 47.6 Å². The number of rotatable bonds is 3. The molecular weight excluding hydrogens is 250 g/mol. The number of aliphatic imine (C=N–C) groups is 1. The van der Waals surface area contributed by atoms with Gasteiger partial charge in [0.05, 0.1) is 0 Å². The van der Waals surface area contributed by atoms with Crippen LogP contribution in [-0.4, -0.2) is 18.0 Å². The molecule has 1 aliphatic carbocycles. The summed E-state index contributed by atoms with van der Waals surface area (Å²) in [5.41, 5.74) is 2.82. The molecule has 3 heteroatoms.